The number of carbonyl (C=O) groups excluding carboxylic acids is 2. The Morgan fingerprint density at radius 2 is 1.91 bits per heavy atom. The normalized spacial score (nSPS) is 15.5. The molecule has 5 rings (SSSR count). The van der Waals surface area contributed by atoms with Gasteiger partial charge in [-0.05, 0) is 50.1 Å². The molecule has 2 amide bonds. The van der Waals surface area contributed by atoms with Crippen LogP contribution in [0.2, 0.25) is 0 Å². The summed E-state index contributed by atoms with van der Waals surface area (Å²) in [7, 11) is 1.28. The first-order valence-electron chi connectivity index (χ1n) is 14.6. The summed E-state index contributed by atoms with van der Waals surface area (Å²) in [6, 6.07) is 20.4. The molecular formula is C34H37N5O6. The van der Waals surface area contributed by atoms with Gasteiger partial charge in [0.15, 0.2) is 17.7 Å². The van der Waals surface area contributed by atoms with Gasteiger partial charge < -0.3 is 34.5 Å². The van der Waals surface area contributed by atoms with Crippen LogP contribution in [0.15, 0.2) is 89.3 Å². The summed E-state index contributed by atoms with van der Waals surface area (Å²) in [5.74, 6) is 0.209. The Kier molecular flexibility index (Phi) is 9.69. The maximum atomic E-state index is 12.5. The summed E-state index contributed by atoms with van der Waals surface area (Å²) < 4.78 is 18.8. The van der Waals surface area contributed by atoms with E-state index in [-0.39, 0.29) is 12.2 Å². The number of hydrazone groups is 1. The molecule has 2 heterocycles. The summed E-state index contributed by atoms with van der Waals surface area (Å²) in [4.78, 5) is 24.7. The van der Waals surface area contributed by atoms with E-state index in [0.717, 1.165) is 23.0 Å². The number of rotatable bonds is 12. The van der Waals surface area contributed by atoms with E-state index in [1.54, 1.807) is 31.3 Å². The number of hydrogen-bond donors (Lipinski definition) is 4. The molecule has 2 atom stereocenters. The van der Waals surface area contributed by atoms with Crippen molar-refractivity contribution < 1.29 is 28.9 Å². The van der Waals surface area contributed by atoms with Crippen LogP contribution < -0.4 is 25.5 Å². The molecule has 0 bridgehead atoms. The second-order valence-electron chi connectivity index (χ2n) is 10.6. The van der Waals surface area contributed by atoms with E-state index in [4.69, 9.17) is 14.2 Å². The summed E-state index contributed by atoms with van der Waals surface area (Å²) >= 11 is 0. The third kappa shape index (κ3) is 7.27. The van der Waals surface area contributed by atoms with Crippen LogP contribution in [0.5, 0.6) is 11.5 Å². The molecule has 1 aliphatic rings. The van der Waals surface area contributed by atoms with Gasteiger partial charge in [0.25, 0.3) is 0 Å². The summed E-state index contributed by atoms with van der Waals surface area (Å²) in [5.41, 5.74) is 8.43. The number of para-hydroxylation sites is 1. The number of aliphatic hydroxyl groups is 1. The number of ether oxygens (including phenoxy) is 3. The second kappa shape index (κ2) is 14.0. The monoisotopic (exact) mass is 611 g/mol. The van der Waals surface area contributed by atoms with Gasteiger partial charge in [0, 0.05) is 34.9 Å². The number of aromatic nitrogens is 1. The molecule has 0 spiro atoms. The zero-order valence-corrected chi connectivity index (χ0v) is 25.7. The zero-order chi connectivity index (χ0) is 31.9. The Morgan fingerprint density at radius 1 is 1.09 bits per heavy atom. The van der Waals surface area contributed by atoms with Crippen molar-refractivity contribution in [1.29, 1.82) is 0 Å². The zero-order valence-electron chi connectivity index (χ0n) is 25.7. The highest BCUT2D eigenvalue weighted by molar-refractivity contribution is 5.99. The Hall–Kier alpha value is -5.29. The molecule has 4 N–H and O–H groups in total. The van der Waals surface area contributed by atoms with E-state index in [0.29, 0.717) is 29.4 Å². The molecule has 234 valence electrons. The maximum Gasteiger partial charge on any atom is 0.337 e. The molecule has 0 aliphatic carbocycles. The fraction of sp³-hybridized carbons (Fsp3) is 0.265. The van der Waals surface area contributed by atoms with Crippen molar-refractivity contribution in [2.45, 2.75) is 39.6 Å². The van der Waals surface area contributed by atoms with E-state index in [1.165, 1.54) is 18.2 Å². The largest absolute Gasteiger partial charge is 0.490 e. The van der Waals surface area contributed by atoms with Crippen LogP contribution in [0, 0.1) is 6.92 Å². The smallest absolute Gasteiger partial charge is 0.337 e. The molecule has 11 heteroatoms. The van der Waals surface area contributed by atoms with E-state index < -0.39 is 24.3 Å². The number of amides is 2. The van der Waals surface area contributed by atoms with E-state index in [9.17, 15) is 14.7 Å². The first kappa shape index (κ1) is 31.1. The number of benzene rings is 3. The Balaban J connectivity index is 1.26. The summed E-state index contributed by atoms with van der Waals surface area (Å²) in [5, 5.41) is 21.3. The highest BCUT2D eigenvalue weighted by atomic mass is 16.5. The van der Waals surface area contributed by atoms with Crippen molar-refractivity contribution in [3.05, 3.63) is 106 Å². The second-order valence-corrected chi connectivity index (χ2v) is 10.6. The highest BCUT2D eigenvalue weighted by Gasteiger charge is 2.32. The maximum absolute atomic E-state index is 12.5. The number of aliphatic hydroxyl groups excluding tert-OH is 1. The minimum absolute atomic E-state index is 0.123. The third-order valence-corrected chi connectivity index (χ3v) is 7.35. The average Bonchev–Trinajstić information content (AvgIpc) is 3.36. The number of carbonyl (C=O) groups is 2. The van der Waals surface area contributed by atoms with Gasteiger partial charge in [0.05, 0.1) is 31.5 Å². The molecule has 4 aromatic rings. The molecule has 0 saturated heterocycles. The van der Waals surface area contributed by atoms with Gasteiger partial charge in [0.1, 0.15) is 6.61 Å². The van der Waals surface area contributed by atoms with Crippen LogP contribution in [0.3, 0.4) is 0 Å². The number of fused-ring (bicyclic) bond motifs is 1. The van der Waals surface area contributed by atoms with Crippen molar-refractivity contribution in [2.75, 3.05) is 20.3 Å². The lowest BCUT2D eigenvalue weighted by atomic mass is 9.95. The molecule has 11 nitrogen and oxygen atoms in total. The van der Waals surface area contributed by atoms with Crippen molar-refractivity contribution in [1.82, 2.24) is 20.6 Å². The van der Waals surface area contributed by atoms with Gasteiger partial charge in [-0.15, -0.1) is 0 Å². The molecule has 1 aromatic heterocycles. The predicted octanol–water partition coefficient (Wildman–Crippen LogP) is 4.52. The number of methoxy groups -OCH3 is 1. The van der Waals surface area contributed by atoms with Crippen LogP contribution in [-0.4, -0.2) is 54.4 Å². The Morgan fingerprint density at radius 3 is 2.69 bits per heavy atom. The number of esters is 1. The van der Waals surface area contributed by atoms with Crippen LogP contribution in [0.25, 0.3) is 10.9 Å². The van der Waals surface area contributed by atoms with E-state index in [2.05, 4.69) is 63.0 Å². The highest BCUT2D eigenvalue weighted by Crippen LogP contribution is 2.35. The van der Waals surface area contributed by atoms with E-state index in [1.807, 2.05) is 31.3 Å². The quantitative estimate of drug-likeness (QED) is 0.0801. The summed E-state index contributed by atoms with van der Waals surface area (Å²) in [6.07, 6.45) is 2.61. The van der Waals surface area contributed by atoms with E-state index >= 15 is 0 Å². The Bertz CT molecular complexity index is 1760. The standard InChI is InChI=1S/C34H37N5O6/c1-5-44-29-16-24(32-31(33(41)43-4)22(3)36-34(42)37-32)13-14-28(29)45-20-30(40)38-35-17-25-19-39(27-12-7-6-11-26(25)27)18-23-10-8-9-21(2)15-23/h6-17,19,30,32,38,40H,5,18,20H2,1-4H3,(H2,36,37,42)/b35-17-/t30-,32+/m1/s1. The molecule has 1 aliphatic heterocycles. The van der Waals surface area contributed by atoms with Crippen LogP contribution in [0.1, 0.15) is 42.1 Å². The SMILES string of the molecule is CCOc1cc([C@@H]2NC(=O)NC(C)=C2C(=O)OC)ccc1OC[C@@H](O)N/N=C\c1cn(Cc2cccc(C)c2)c2ccccc12. The van der Waals surface area contributed by atoms with Crippen molar-refractivity contribution >= 4 is 29.1 Å². The van der Waals surface area contributed by atoms with Crippen molar-refractivity contribution in [2.24, 2.45) is 5.10 Å². The van der Waals surface area contributed by atoms with Gasteiger partial charge in [-0.2, -0.15) is 5.10 Å². The van der Waals surface area contributed by atoms with Crippen LogP contribution in [-0.2, 0) is 16.1 Å². The molecule has 0 saturated carbocycles. The van der Waals surface area contributed by atoms with Gasteiger partial charge >= 0.3 is 12.0 Å². The first-order chi connectivity index (χ1) is 21.8. The first-order valence-corrected chi connectivity index (χ1v) is 14.6. The molecule has 45 heavy (non-hydrogen) atoms. The average molecular weight is 612 g/mol. The number of nitrogens with zero attached hydrogens (tertiary/aromatic N) is 2. The minimum Gasteiger partial charge on any atom is -0.490 e. The number of aryl methyl sites for hydroxylation is 1. The fourth-order valence-electron chi connectivity index (χ4n) is 5.33. The lowest BCUT2D eigenvalue weighted by Gasteiger charge is -2.28. The number of allylic oxidation sites excluding steroid dienone is 1. The number of hydrogen-bond acceptors (Lipinski definition) is 8. The van der Waals surface area contributed by atoms with Gasteiger partial charge in [-0.1, -0.05) is 54.1 Å². The molecular weight excluding hydrogens is 574 g/mol. The summed E-state index contributed by atoms with van der Waals surface area (Å²) in [6.45, 7) is 6.50. The molecule has 0 unspecified atom stereocenters. The van der Waals surface area contributed by atoms with Crippen molar-refractivity contribution in [3.63, 3.8) is 0 Å². The third-order valence-electron chi connectivity index (χ3n) is 7.35. The molecule has 3 aromatic carbocycles. The van der Waals surface area contributed by atoms with Gasteiger partial charge in [0.2, 0.25) is 0 Å². The van der Waals surface area contributed by atoms with Crippen molar-refractivity contribution in [3.8, 4) is 11.5 Å². The number of urea groups is 1. The topological polar surface area (TPSA) is 135 Å². The molecule has 0 fully saturated rings. The van der Waals surface area contributed by atoms with Crippen LogP contribution >= 0.6 is 0 Å². The molecule has 0 radical (unpaired) electrons. The lowest BCUT2D eigenvalue weighted by Crippen LogP contribution is -2.45. The van der Waals surface area contributed by atoms with Crippen LogP contribution in [0.4, 0.5) is 4.79 Å². The van der Waals surface area contributed by atoms with Gasteiger partial charge in [-0.3, -0.25) is 5.43 Å². The fourth-order valence-corrected chi connectivity index (χ4v) is 5.33. The Labute approximate surface area is 261 Å². The minimum atomic E-state index is -1.11. The van der Waals surface area contributed by atoms with Gasteiger partial charge in [-0.25, -0.2) is 9.59 Å². The predicted molar refractivity (Wildman–Crippen MR) is 171 cm³/mol. The lowest BCUT2D eigenvalue weighted by molar-refractivity contribution is -0.136. The number of nitrogens with one attached hydrogen (secondary N) is 3.